The van der Waals surface area contributed by atoms with Crippen LogP contribution in [0.2, 0.25) is 0 Å². The number of hydrogen-bond donors (Lipinski definition) is 2. The van der Waals surface area contributed by atoms with E-state index in [2.05, 4.69) is 26.2 Å². The molecule has 0 spiro atoms. The Bertz CT molecular complexity index is 767. The number of nitrogens with zero attached hydrogens (tertiary/aromatic N) is 2. The Hall–Kier alpha value is -2.39. The number of anilines is 2. The standard InChI is InChI=1S/C15H11BrN4O/c16-14-12-9(8-4-2-1-3-5-8)6-11(21)19-13(12)10(7-17)15(18)20-14/h1-5,9H,6H2,(H2,18,20)(H,19,21). The number of hydrogen-bond acceptors (Lipinski definition) is 4. The van der Waals surface area contributed by atoms with Crippen molar-refractivity contribution < 1.29 is 4.79 Å². The highest BCUT2D eigenvalue weighted by atomic mass is 79.9. The van der Waals surface area contributed by atoms with E-state index in [0.717, 1.165) is 11.1 Å². The van der Waals surface area contributed by atoms with E-state index in [4.69, 9.17) is 5.73 Å². The topological polar surface area (TPSA) is 91.8 Å². The summed E-state index contributed by atoms with van der Waals surface area (Å²) < 4.78 is 0.558. The van der Waals surface area contributed by atoms with Crippen LogP contribution in [0.25, 0.3) is 0 Å². The normalized spacial score (nSPS) is 16.8. The van der Waals surface area contributed by atoms with Crippen LogP contribution in [0.4, 0.5) is 11.5 Å². The summed E-state index contributed by atoms with van der Waals surface area (Å²) in [6, 6.07) is 11.7. The van der Waals surface area contributed by atoms with Crippen molar-refractivity contribution in [3.8, 4) is 6.07 Å². The molecule has 0 saturated carbocycles. The third-order valence-electron chi connectivity index (χ3n) is 3.53. The van der Waals surface area contributed by atoms with Crippen molar-refractivity contribution in [3.05, 3.63) is 51.6 Å². The van der Waals surface area contributed by atoms with Crippen LogP contribution in [0, 0.1) is 11.3 Å². The molecule has 1 atom stereocenters. The van der Waals surface area contributed by atoms with Crippen molar-refractivity contribution in [2.24, 2.45) is 0 Å². The lowest BCUT2D eigenvalue weighted by atomic mass is 9.85. The maximum Gasteiger partial charge on any atom is 0.225 e. The Morgan fingerprint density at radius 1 is 1.38 bits per heavy atom. The van der Waals surface area contributed by atoms with Crippen LogP contribution in [-0.2, 0) is 4.79 Å². The van der Waals surface area contributed by atoms with E-state index in [1.807, 2.05) is 36.4 Å². The molecule has 104 valence electrons. The van der Waals surface area contributed by atoms with Gasteiger partial charge in [-0.3, -0.25) is 4.79 Å². The summed E-state index contributed by atoms with van der Waals surface area (Å²) in [5, 5.41) is 12.0. The third-order valence-corrected chi connectivity index (χ3v) is 4.14. The zero-order valence-electron chi connectivity index (χ0n) is 10.9. The molecule has 0 bridgehead atoms. The number of nitrogen functional groups attached to an aromatic ring is 1. The highest BCUT2D eigenvalue weighted by molar-refractivity contribution is 9.10. The molecule has 0 saturated heterocycles. The summed E-state index contributed by atoms with van der Waals surface area (Å²) in [4.78, 5) is 16.2. The summed E-state index contributed by atoms with van der Waals surface area (Å²) in [5.41, 5.74) is 8.24. The minimum absolute atomic E-state index is 0.108. The fraction of sp³-hybridized carbons (Fsp3) is 0.133. The summed E-state index contributed by atoms with van der Waals surface area (Å²) in [7, 11) is 0. The molecule has 2 aromatic rings. The Labute approximate surface area is 129 Å². The van der Waals surface area contributed by atoms with Crippen LogP contribution >= 0.6 is 15.9 Å². The molecule has 1 aliphatic heterocycles. The van der Waals surface area contributed by atoms with Crippen molar-refractivity contribution in [2.45, 2.75) is 12.3 Å². The Balaban J connectivity index is 2.27. The molecule has 0 aliphatic carbocycles. The SMILES string of the molecule is N#Cc1c(N)nc(Br)c2c1NC(=O)CC2c1ccccc1. The Morgan fingerprint density at radius 3 is 2.76 bits per heavy atom. The first-order valence-corrected chi connectivity index (χ1v) is 7.15. The van der Waals surface area contributed by atoms with Gasteiger partial charge in [0, 0.05) is 17.9 Å². The smallest absolute Gasteiger partial charge is 0.225 e. The molecule has 1 aromatic carbocycles. The van der Waals surface area contributed by atoms with E-state index < -0.39 is 0 Å². The second-order valence-corrected chi connectivity index (χ2v) is 5.53. The van der Waals surface area contributed by atoms with Gasteiger partial charge in [0.05, 0.1) is 5.69 Å². The molecule has 0 radical (unpaired) electrons. The largest absolute Gasteiger partial charge is 0.382 e. The van der Waals surface area contributed by atoms with Gasteiger partial charge in [-0.25, -0.2) is 4.98 Å². The minimum atomic E-state index is -0.149. The molecule has 3 rings (SSSR count). The first kappa shape index (κ1) is 13.6. The number of nitrogens with one attached hydrogen (secondary N) is 1. The second kappa shape index (κ2) is 5.19. The summed E-state index contributed by atoms with van der Waals surface area (Å²) in [6.45, 7) is 0. The van der Waals surface area contributed by atoms with Gasteiger partial charge in [0.25, 0.3) is 0 Å². The summed E-state index contributed by atoms with van der Waals surface area (Å²) >= 11 is 3.40. The minimum Gasteiger partial charge on any atom is -0.382 e. The molecule has 1 unspecified atom stereocenters. The number of nitrogens with two attached hydrogens (primary N) is 1. The van der Waals surface area contributed by atoms with E-state index in [0.29, 0.717) is 16.7 Å². The first-order chi connectivity index (χ1) is 10.1. The number of amides is 1. The van der Waals surface area contributed by atoms with Gasteiger partial charge in [-0.2, -0.15) is 5.26 Å². The number of carbonyl (C=O) groups is 1. The third kappa shape index (κ3) is 2.26. The lowest BCUT2D eigenvalue weighted by Crippen LogP contribution is -2.25. The number of aromatic nitrogens is 1. The van der Waals surface area contributed by atoms with Crippen molar-refractivity contribution >= 4 is 33.3 Å². The van der Waals surface area contributed by atoms with E-state index in [9.17, 15) is 10.1 Å². The molecule has 3 N–H and O–H groups in total. The van der Waals surface area contributed by atoms with E-state index in [-0.39, 0.29) is 23.2 Å². The average molecular weight is 343 g/mol. The van der Waals surface area contributed by atoms with Gasteiger partial charge < -0.3 is 11.1 Å². The van der Waals surface area contributed by atoms with E-state index in [1.54, 1.807) is 0 Å². The Morgan fingerprint density at radius 2 is 2.10 bits per heavy atom. The first-order valence-electron chi connectivity index (χ1n) is 6.35. The van der Waals surface area contributed by atoms with E-state index in [1.165, 1.54) is 0 Å². The average Bonchev–Trinajstić information content (AvgIpc) is 2.47. The fourth-order valence-corrected chi connectivity index (χ4v) is 3.26. The van der Waals surface area contributed by atoms with E-state index >= 15 is 0 Å². The monoisotopic (exact) mass is 342 g/mol. The second-order valence-electron chi connectivity index (χ2n) is 4.78. The van der Waals surface area contributed by atoms with Crippen molar-refractivity contribution in [2.75, 3.05) is 11.1 Å². The molecule has 1 aromatic heterocycles. The van der Waals surface area contributed by atoms with Crippen molar-refractivity contribution in [3.63, 3.8) is 0 Å². The lowest BCUT2D eigenvalue weighted by molar-refractivity contribution is -0.116. The summed E-state index contributed by atoms with van der Waals surface area (Å²) in [5.74, 6) is -0.174. The van der Waals surface area contributed by atoms with Gasteiger partial charge >= 0.3 is 0 Å². The maximum absolute atomic E-state index is 12.0. The van der Waals surface area contributed by atoms with Gasteiger partial charge in [-0.05, 0) is 21.5 Å². The number of pyridine rings is 1. The summed E-state index contributed by atoms with van der Waals surface area (Å²) in [6.07, 6.45) is 0.312. The van der Waals surface area contributed by atoms with Gasteiger partial charge in [0.15, 0.2) is 0 Å². The number of nitriles is 1. The lowest BCUT2D eigenvalue weighted by Gasteiger charge is -2.27. The van der Waals surface area contributed by atoms with Gasteiger partial charge in [-0.15, -0.1) is 0 Å². The highest BCUT2D eigenvalue weighted by Gasteiger charge is 2.32. The zero-order chi connectivity index (χ0) is 15.0. The van der Waals surface area contributed by atoms with Crippen LogP contribution in [0.3, 0.4) is 0 Å². The molecular formula is C15H11BrN4O. The molecule has 0 fully saturated rings. The number of carbonyl (C=O) groups excluding carboxylic acids is 1. The molecule has 6 heteroatoms. The van der Waals surface area contributed by atoms with Crippen LogP contribution in [0.5, 0.6) is 0 Å². The number of rotatable bonds is 1. The van der Waals surface area contributed by atoms with Crippen LogP contribution < -0.4 is 11.1 Å². The maximum atomic E-state index is 12.0. The van der Waals surface area contributed by atoms with Crippen LogP contribution in [0.15, 0.2) is 34.9 Å². The van der Waals surface area contributed by atoms with Crippen LogP contribution in [-0.4, -0.2) is 10.9 Å². The number of benzene rings is 1. The predicted octanol–water partition coefficient (Wildman–Crippen LogP) is 2.77. The van der Waals surface area contributed by atoms with Crippen molar-refractivity contribution in [1.82, 2.24) is 4.98 Å². The van der Waals surface area contributed by atoms with Gasteiger partial charge in [-0.1, -0.05) is 30.3 Å². The zero-order valence-corrected chi connectivity index (χ0v) is 12.5. The molecule has 1 amide bonds. The molecule has 1 aliphatic rings. The molecule has 5 nitrogen and oxygen atoms in total. The van der Waals surface area contributed by atoms with Gasteiger partial charge in [0.1, 0.15) is 22.1 Å². The quantitative estimate of drug-likeness (QED) is 0.779. The van der Waals surface area contributed by atoms with Crippen molar-refractivity contribution in [1.29, 1.82) is 5.26 Å². The number of halogens is 1. The fourth-order valence-electron chi connectivity index (χ4n) is 2.60. The molecule has 2 heterocycles. The Kier molecular flexibility index (Phi) is 3.35. The molecular weight excluding hydrogens is 332 g/mol. The number of fused-ring (bicyclic) bond motifs is 1. The predicted molar refractivity (Wildman–Crippen MR) is 82.6 cm³/mol. The highest BCUT2D eigenvalue weighted by Crippen LogP contribution is 2.43. The van der Waals surface area contributed by atoms with Crippen LogP contribution in [0.1, 0.15) is 29.0 Å². The molecule has 21 heavy (non-hydrogen) atoms. The van der Waals surface area contributed by atoms with Gasteiger partial charge in [0.2, 0.25) is 5.91 Å².